The van der Waals surface area contributed by atoms with Gasteiger partial charge in [0.1, 0.15) is 5.60 Å². The third kappa shape index (κ3) is 3.76. The first-order valence-electron chi connectivity index (χ1n) is 4.48. The molecule has 0 saturated heterocycles. The van der Waals surface area contributed by atoms with E-state index in [1.165, 1.54) is 31.5 Å². The van der Waals surface area contributed by atoms with Crippen molar-refractivity contribution in [3.63, 3.8) is 0 Å². The molecule has 0 radical (unpaired) electrons. The van der Waals surface area contributed by atoms with Crippen LogP contribution in [0.2, 0.25) is 0 Å². The summed E-state index contributed by atoms with van der Waals surface area (Å²) in [5.74, 6) is 0. The maximum absolute atomic E-state index is 10.8. The second-order valence-corrected chi connectivity index (χ2v) is 5.35. The standard InChI is InChI=1S/C9H14NO5S/c1-9(11,7-15-16(2,13)14)8-3-5-10(12)6-4-8/h3-6,11-12H,7H2,1-2H3/q+1/t9-/m1/s1. The van der Waals surface area contributed by atoms with Gasteiger partial charge in [0.05, 0.1) is 12.9 Å². The van der Waals surface area contributed by atoms with Crippen molar-refractivity contribution in [1.29, 1.82) is 0 Å². The summed E-state index contributed by atoms with van der Waals surface area (Å²) in [5.41, 5.74) is -0.987. The van der Waals surface area contributed by atoms with Gasteiger partial charge in [0.15, 0.2) is 0 Å². The van der Waals surface area contributed by atoms with Crippen LogP contribution in [0.15, 0.2) is 24.5 Å². The van der Waals surface area contributed by atoms with E-state index in [0.29, 0.717) is 5.56 Å². The molecule has 0 aromatic carbocycles. The van der Waals surface area contributed by atoms with Crippen LogP contribution in [0, 0.1) is 0 Å². The molecule has 6 nitrogen and oxygen atoms in total. The fourth-order valence-corrected chi connectivity index (χ4v) is 1.53. The van der Waals surface area contributed by atoms with Gasteiger partial charge in [0.25, 0.3) is 10.1 Å². The third-order valence-corrected chi connectivity index (χ3v) is 2.54. The van der Waals surface area contributed by atoms with Crippen LogP contribution in [0.1, 0.15) is 12.5 Å². The van der Waals surface area contributed by atoms with E-state index in [1.54, 1.807) is 0 Å². The van der Waals surface area contributed by atoms with Crippen LogP contribution >= 0.6 is 0 Å². The van der Waals surface area contributed by atoms with E-state index >= 15 is 0 Å². The summed E-state index contributed by atoms with van der Waals surface area (Å²) in [5, 5.41) is 18.9. The minimum absolute atomic E-state index is 0.374. The largest absolute Gasteiger partial charge is 0.383 e. The van der Waals surface area contributed by atoms with E-state index in [4.69, 9.17) is 5.21 Å². The minimum Gasteiger partial charge on any atom is -0.383 e. The Morgan fingerprint density at radius 2 is 1.94 bits per heavy atom. The fraction of sp³-hybridized carbons (Fsp3) is 0.444. The van der Waals surface area contributed by atoms with Gasteiger partial charge in [0, 0.05) is 16.9 Å². The molecule has 7 heteroatoms. The lowest BCUT2D eigenvalue weighted by atomic mass is 9.99. The Labute approximate surface area is 93.8 Å². The number of aliphatic hydroxyl groups is 1. The van der Waals surface area contributed by atoms with Crippen LogP contribution < -0.4 is 4.73 Å². The summed E-state index contributed by atoms with van der Waals surface area (Å²) in [6.45, 7) is 1.05. The van der Waals surface area contributed by atoms with E-state index in [9.17, 15) is 13.5 Å². The molecule has 0 fully saturated rings. The molecule has 0 spiro atoms. The monoisotopic (exact) mass is 248 g/mol. The first-order chi connectivity index (χ1) is 7.21. The van der Waals surface area contributed by atoms with Crippen molar-refractivity contribution >= 4 is 10.1 Å². The molecule has 16 heavy (non-hydrogen) atoms. The highest BCUT2D eigenvalue weighted by Crippen LogP contribution is 2.20. The van der Waals surface area contributed by atoms with Gasteiger partial charge in [0.2, 0.25) is 12.4 Å². The van der Waals surface area contributed by atoms with Gasteiger partial charge in [-0.15, -0.1) is 0 Å². The maximum Gasteiger partial charge on any atom is 0.264 e. The SMILES string of the molecule is C[C@@](O)(COS(C)(=O)=O)c1cc[n+](O)cc1. The molecule has 0 aliphatic heterocycles. The molecule has 1 atom stereocenters. The fourth-order valence-electron chi connectivity index (χ4n) is 1.08. The molecule has 0 aliphatic rings. The first kappa shape index (κ1) is 12.9. The number of rotatable bonds is 4. The van der Waals surface area contributed by atoms with Crippen LogP contribution in [-0.2, 0) is 19.9 Å². The Morgan fingerprint density at radius 3 is 2.38 bits per heavy atom. The summed E-state index contributed by atoms with van der Waals surface area (Å²) in [4.78, 5) is 0. The van der Waals surface area contributed by atoms with Crippen molar-refractivity contribution in [2.45, 2.75) is 12.5 Å². The molecule has 0 unspecified atom stereocenters. The molecule has 2 N–H and O–H groups in total. The Hall–Kier alpha value is -1.18. The topological polar surface area (TPSA) is 87.7 Å². The molecule has 0 aliphatic carbocycles. The van der Waals surface area contributed by atoms with Gasteiger partial charge in [-0.3, -0.25) is 9.39 Å². The van der Waals surface area contributed by atoms with Crippen molar-refractivity contribution in [2.75, 3.05) is 12.9 Å². The van der Waals surface area contributed by atoms with E-state index in [-0.39, 0.29) is 6.61 Å². The average molecular weight is 248 g/mol. The molecule has 1 aromatic heterocycles. The van der Waals surface area contributed by atoms with Crippen LogP contribution in [0.4, 0.5) is 0 Å². The van der Waals surface area contributed by atoms with Crippen molar-refractivity contribution in [3.05, 3.63) is 30.1 Å². The van der Waals surface area contributed by atoms with Gasteiger partial charge in [-0.2, -0.15) is 8.42 Å². The predicted molar refractivity (Wildman–Crippen MR) is 54.2 cm³/mol. The summed E-state index contributed by atoms with van der Waals surface area (Å²) in [6, 6.07) is 2.93. The molecule has 0 bridgehead atoms. The lowest BCUT2D eigenvalue weighted by Crippen LogP contribution is -2.33. The zero-order valence-electron chi connectivity index (χ0n) is 8.99. The summed E-state index contributed by atoms with van der Waals surface area (Å²) >= 11 is 0. The zero-order chi connectivity index (χ0) is 12.4. The maximum atomic E-state index is 10.8. The summed E-state index contributed by atoms with van der Waals surface area (Å²) in [6.07, 6.45) is 3.56. The van der Waals surface area contributed by atoms with E-state index in [1.807, 2.05) is 0 Å². The number of pyridine rings is 1. The van der Waals surface area contributed by atoms with Crippen molar-refractivity contribution in [2.24, 2.45) is 0 Å². The zero-order valence-corrected chi connectivity index (χ0v) is 9.81. The highest BCUT2D eigenvalue weighted by molar-refractivity contribution is 7.85. The smallest absolute Gasteiger partial charge is 0.264 e. The quantitative estimate of drug-likeness (QED) is 0.422. The van der Waals surface area contributed by atoms with Crippen LogP contribution in [0.25, 0.3) is 0 Å². The van der Waals surface area contributed by atoms with Gasteiger partial charge in [-0.05, 0) is 12.5 Å². The lowest BCUT2D eigenvalue weighted by Gasteiger charge is -2.21. The van der Waals surface area contributed by atoms with Gasteiger partial charge < -0.3 is 5.11 Å². The van der Waals surface area contributed by atoms with Gasteiger partial charge in [-0.1, -0.05) is 0 Å². The summed E-state index contributed by atoms with van der Waals surface area (Å²) < 4.78 is 26.9. The third-order valence-electron chi connectivity index (χ3n) is 1.99. The van der Waals surface area contributed by atoms with Crippen molar-refractivity contribution < 1.29 is 27.6 Å². The average Bonchev–Trinajstić information content (AvgIpc) is 2.15. The highest BCUT2D eigenvalue weighted by atomic mass is 32.2. The van der Waals surface area contributed by atoms with Crippen molar-refractivity contribution in [3.8, 4) is 0 Å². The predicted octanol–water partition coefficient (Wildman–Crippen LogP) is -0.605. The van der Waals surface area contributed by atoms with Crippen molar-refractivity contribution in [1.82, 2.24) is 0 Å². The summed E-state index contributed by atoms with van der Waals surface area (Å²) in [7, 11) is -3.59. The Balaban J connectivity index is 2.81. The molecule has 0 amide bonds. The highest BCUT2D eigenvalue weighted by Gasteiger charge is 2.26. The second kappa shape index (κ2) is 4.36. The molecule has 1 rings (SSSR count). The minimum atomic E-state index is -3.59. The first-order valence-corrected chi connectivity index (χ1v) is 6.30. The van der Waals surface area contributed by atoms with Gasteiger partial charge >= 0.3 is 0 Å². The van der Waals surface area contributed by atoms with E-state index < -0.39 is 15.7 Å². The number of nitrogens with zero attached hydrogens (tertiary/aromatic N) is 1. The second-order valence-electron chi connectivity index (χ2n) is 3.71. The molecule has 0 saturated carbocycles. The Kier molecular flexibility index (Phi) is 3.51. The van der Waals surface area contributed by atoms with E-state index in [2.05, 4.69) is 4.18 Å². The lowest BCUT2D eigenvalue weighted by molar-refractivity contribution is -0.904. The molecular weight excluding hydrogens is 234 g/mol. The number of hydrogen-bond donors (Lipinski definition) is 2. The Bertz CT molecular complexity index is 451. The molecule has 1 aromatic rings. The number of hydrogen-bond acceptors (Lipinski definition) is 5. The molecular formula is C9H14NO5S+. The molecule has 90 valence electrons. The number of aromatic nitrogens is 1. The molecule has 1 heterocycles. The van der Waals surface area contributed by atoms with Crippen LogP contribution in [0.3, 0.4) is 0 Å². The Morgan fingerprint density at radius 1 is 1.44 bits per heavy atom. The van der Waals surface area contributed by atoms with Crippen LogP contribution in [-0.4, -0.2) is 31.6 Å². The van der Waals surface area contributed by atoms with E-state index in [0.717, 1.165) is 11.0 Å². The van der Waals surface area contributed by atoms with Gasteiger partial charge in [-0.25, -0.2) is 0 Å². The van der Waals surface area contributed by atoms with Crippen LogP contribution in [0.5, 0.6) is 0 Å². The normalized spacial score (nSPS) is 15.7.